The molecular weight excluding hydrogens is 278 g/mol. The third kappa shape index (κ3) is 5.64. The molecule has 1 aromatic rings. The van der Waals surface area contributed by atoms with Gasteiger partial charge in [0.15, 0.2) is 0 Å². The molecule has 1 saturated carbocycles. The number of amides is 1. The number of methoxy groups -OCH3 is 1. The molecule has 0 unspecified atom stereocenters. The van der Waals surface area contributed by atoms with Crippen LogP contribution in [0.4, 0.5) is 5.82 Å². The quantitative estimate of drug-likeness (QED) is 0.600. The largest absolute Gasteiger partial charge is 0.385 e. The summed E-state index contributed by atoms with van der Waals surface area (Å²) in [6, 6.07) is 4.01. The van der Waals surface area contributed by atoms with E-state index in [1.54, 1.807) is 13.3 Å². The standard InChI is InChI=1S/C17H27N3O2/c1-22-12-6-11-18-16-10-9-14(13-19-16)17(21)20-15-7-4-2-3-5-8-15/h9-10,13,15H,2-8,11-12H2,1H3,(H,18,19)(H,20,21). The lowest BCUT2D eigenvalue weighted by Crippen LogP contribution is -2.34. The minimum atomic E-state index is -0.00895. The van der Waals surface area contributed by atoms with Crippen LogP contribution in [0.25, 0.3) is 0 Å². The summed E-state index contributed by atoms with van der Waals surface area (Å²) in [7, 11) is 1.69. The minimum absolute atomic E-state index is 0.00895. The van der Waals surface area contributed by atoms with Crippen molar-refractivity contribution in [3.8, 4) is 0 Å². The number of nitrogens with zero attached hydrogens (tertiary/aromatic N) is 1. The molecule has 5 nitrogen and oxygen atoms in total. The number of hydrogen-bond acceptors (Lipinski definition) is 4. The molecule has 1 amide bonds. The second-order valence-corrected chi connectivity index (χ2v) is 5.87. The molecule has 122 valence electrons. The van der Waals surface area contributed by atoms with Crippen molar-refractivity contribution in [3.63, 3.8) is 0 Å². The van der Waals surface area contributed by atoms with Gasteiger partial charge in [-0.25, -0.2) is 4.98 Å². The summed E-state index contributed by atoms with van der Waals surface area (Å²) >= 11 is 0. The fourth-order valence-corrected chi connectivity index (χ4v) is 2.76. The van der Waals surface area contributed by atoms with Crippen LogP contribution in [0.1, 0.15) is 55.3 Å². The van der Waals surface area contributed by atoms with Crippen LogP contribution in [-0.4, -0.2) is 37.2 Å². The zero-order chi connectivity index (χ0) is 15.6. The molecule has 1 aromatic heterocycles. The molecule has 0 aromatic carbocycles. The molecule has 1 fully saturated rings. The second-order valence-electron chi connectivity index (χ2n) is 5.87. The van der Waals surface area contributed by atoms with Crippen LogP contribution >= 0.6 is 0 Å². The van der Waals surface area contributed by atoms with Gasteiger partial charge in [-0.1, -0.05) is 25.7 Å². The summed E-state index contributed by atoms with van der Waals surface area (Å²) in [5.41, 5.74) is 0.631. The van der Waals surface area contributed by atoms with E-state index in [0.717, 1.165) is 38.2 Å². The van der Waals surface area contributed by atoms with Gasteiger partial charge in [0.05, 0.1) is 5.56 Å². The Balaban J connectivity index is 1.79. The summed E-state index contributed by atoms with van der Waals surface area (Å²) in [6.07, 6.45) is 9.78. The van der Waals surface area contributed by atoms with Gasteiger partial charge in [-0.3, -0.25) is 4.79 Å². The number of pyridine rings is 1. The summed E-state index contributed by atoms with van der Waals surface area (Å²) < 4.78 is 5.00. The Morgan fingerprint density at radius 2 is 2.05 bits per heavy atom. The molecule has 5 heteroatoms. The molecule has 0 radical (unpaired) electrons. The smallest absolute Gasteiger partial charge is 0.253 e. The molecule has 2 N–H and O–H groups in total. The monoisotopic (exact) mass is 305 g/mol. The van der Waals surface area contributed by atoms with E-state index in [4.69, 9.17) is 4.74 Å². The summed E-state index contributed by atoms with van der Waals surface area (Å²) in [5, 5.41) is 6.35. The third-order valence-corrected chi connectivity index (χ3v) is 4.05. The molecule has 0 aliphatic heterocycles. The van der Waals surface area contributed by atoms with Crippen LogP contribution in [0.2, 0.25) is 0 Å². The van der Waals surface area contributed by atoms with Crippen molar-refractivity contribution in [3.05, 3.63) is 23.9 Å². The molecule has 0 atom stereocenters. The highest BCUT2D eigenvalue weighted by Crippen LogP contribution is 2.17. The molecule has 1 heterocycles. The summed E-state index contributed by atoms with van der Waals surface area (Å²) in [6.45, 7) is 1.54. The van der Waals surface area contributed by atoms with Crippen LogP contribution in [0.15, 0.2) is 18.3 Å². The van der Waals surface area contributed by atoms with Gasteiger partial charge in [0.25, 0.3) is 5.91 Å². The Labute approximate surface area is 132 Å². The number of nitrogens with one attached hydrogen (secondary N) is 2. The number of carbonyl (C=O) groups is 1. The second kappa shape index (κ2) is 9.41. The summed E-state index contributed by atoms with van der Waals surface area (Å²) in [5.74, 6) is 0.785. The average molecular weight is 305 g/mol. The molecule has 0 spiro atoms. The topological polar surface area (TPSA) is 63.2 Å². The SMILES string of the molecule is COCCCNc1ccc(C(=O)NC2CCCCCC2)cn1. The average Bonchev–Trinajstić information content (AvgIpc) is 2.81. The zero-order valence-corrected chi connectivity index (χ0v) is 13.4. The predicted molar refractivity (Wildman–Crippen MR) is 88.2 cm³/mol. The van der Waals surface area contributed by atoms with Crippen molar-refractivity contribution in [2.24, 2.45) is 0 Å². The first-order chi connectivity index (χ1) is 10.8. The van der Waals surface area contributed by atoms with Crippen molar-refractivity contribution in [1.82, 2.24) is 10.3 Å². The Morgan fingerprint density at radius 3 is 2.68 bits per heavy atom. The molecule has 0 saturated heterocycles. The van der Waals surface area contributed by atoms with Gasteiger partial charge in [0.1, 0.15) is 5.82 Å². The minimum Gasteiger partial charge on any atom is -0.385 e. The van der Waals surface area contributed by atoms with E-state index in [9.17, 15) is 4.79 Å². The molecule has 1 aliphatic rings. The number of aromatic nitrogens is 1. The molecular formula is C17H27N3O2. The van der Waals surface area contributed by atoms with Crippen molar-refractivity contribution in [2.75, 3.05) is 25.6 Å². The number of ether oxygens (including phenoxy) is 1. The van der Waals surface area contributed by atoms with Crippen molar-refractivity contribution < 1.29 is 9.53 Å². The van der Waals surface area contributed by atoms with Gasteiger partial charge in [0, 0.05) is 32.5 Å². The van der Waals surface area contributed by atoms with Crippen molar-refractivity contribution in [2.45, 2.75) is 51.0 Å². The lowest BCUT2D eigenvalue weighted by atomic mass is 10.1. The molecule has 22 heavy (non-hydrogen) atoms. The lowest BCUT2D eigenvalue weighted by Gasteiger charge is -2.16. The summed E-state index contributed by atoms with van der Waals surface area (Å²) in [4.78, 5) is 16.5. The number of carbonyl (C=O) groups excluding carboxylic acids is 1. The van der Waals surface area contributed by atoms with Crippen LogP contribution in [0.3, 0.4) is 0 Å². The number of anilines is 1. The first kappa shape index (κ1) is 16.7. The predicted octanol–water partition coefficient (Wildman–Crippen LogP) is 2.98. The van der Waals surface area contributed by atoms with E-state index < -0.39 is 0 Å². The highest BCUT2D eigenvalue weighted by molar-refractivity contribution is 5.94. The van der Waals surface area contributed by atoms with Gasteiger partial charge >= 0.3 is 0 Å². The molecule has 0 bridgehead atoms. The van der Waals surface area contributed by atoms with Gasteiger partial charge in [0.2, 0.25) is 0 Å². The lowest BCUT2D eigenvalue weighted by molar-refractivity contribution is 0.0933. The highest BCUT2D eigenvalue weighted by atomic mass is 16.5. The first-order valence-electron chi connectivity index (χ1n) is 8.29. The third-order valence-electron chi connectivity index (χ3n) is 4.05. The van der Waals surface area contributed by atoms with E-state index in [0.29, 0.717) is 11.6 Å². The van der Waals surface area contributed by atoms with Crippen LogP contribution in [-0.2, 0) is 4.74 Å². The number of hydrogen-bond donors (Lipinski definition) is 2. The fraction of sp³-hybridized carbons (Fsp3) is 0.647. The Morgan fingerprint density at radius 1 is 1.27 bits per heavy atom. The van der Waals surface area contributed by atoms with E-state index in [-0.39, 0.29) is 5.91 Å². The highest BCUT2D eigenvalue weighted by Gasteiger charge is 2.15. The maximum atomic E-state index is 12.2. The van der Waals surface area contributed by atoms with Crippen molar-refractivity contribution >= 4 is 11.7 Å². The van der Waals surface area contributed by atoms with E-state index in [2.05, 4.69) is 15.6 Å². The van der Waals surface area contributed by atoms with Crippen LogP contribution < -0.4 is 10.6 Å². The van der Waals surface area contributed by atoms with Gasteiger partial charge in [-0.15, -0.1) is 0 Å². The van der Waals surface area contributed by atoms with Gasteiger partial charge in [-0.2, -0.15) is 0 Å². The van der Waals surface area contributed by atoms with E-state index >= 15 is 0 Å². The maximum absolute atomic E-state index is 12.2. The van der Waals surface area contributed by atoms with E-state index in [1.807, 2.05) is 12.1 Å². The van der Waals surface area contributed by atoms with Crippen LogP contribution in [0, 0.1) is 0 Å². The molecule has 1 aliphatic carbocycles. The van der Waals surface area contributed by atoms with Crippen molar-refractivity contribution in [1.29, 1.82) is 0 Å². The maximum Gasteiger partial charge on any atom is 0.253 e. The van der Waals surface area contributed by atoms with Crippen LogP contribution in [0.5, 0.6) is 0 Å². The first-order valence-corrected chi connectivity index (χ1v) is 8.29. The fourth-order valence-electron chi connectivity index (χ4n) is 2.76. The Kier molecular flexibility index (Phi) is 7.16. The number of rotatable bonds is 7. The van der Waals surface area contributed by atoms with Gasteiger partial charge in [-0.05, 0) is 31.4 Å². The Bertz CT molecular complexity index is 440. The van der Waals surface area contributed by atoms with E-state index in [1.165, 1.54) is 25.7 Å². The normalized spacial score (nSPS) is 16.0. The Hall–Kier alpha value is -1.62. The zero-order valence-electron chi connectivity index (χ0n) is 13.4. The molecule has 2 rings (SSSR count). The van der Waals surface area contributed by atoms with Gasteiger partial charge < -0.3 is 15.4 Å².